The fraction of sp³-hybridized carbons (Fsp3) is 0.818. The highest BCUT2D eigenvalue weighted by Crippen LogP contribution is 1.98. The average molecular weight is 246 g/mol. The summed E-state index contributed by atoms with van der Waals surface area (Å²) in [6.45, 7) is 5.51. The van der Waals surface area contributed by atoms with Gasteiger partial charge in [0.1, 0.15) is 0 Å². The van der Waals surface area contributed by atoms with Gasteiger partial charge in [0.05, 0.1) is 5.92 Å². The second kappa shape index (κ2) is 8.81. The van der Waals surface area contributed by atoms with Crippen molar-refractivity contribution in [2.75, 3.05) is 33.4 Å². The molecule has 6 heteroatoms. The van der Waals surface area contributed by atoms with Crippen LogP contribution in [0.3, 0.4) is 0 Å². The molecule has 2 N–H and O–H groups in total. The molecule has 0 bridgehead atoms. The van der Waals surface area contributed by atoms with Crippen LogP contribution in [0, 0.1) is 5.92 Å². The molecule has 0 aromatic rings. The minimum atomic E-state index is -0.902. The summed E-state index contributed by atoms with van der Waals surface area (Å²) in [5, 5.41) is 11.4. The number of amides is 2. The van der Waals surface area contributed by atoms with E-state index in [4.69, 9.17) is 9.84 Å². The standard InChI is InChI=1S/C11H22N2O4/c1-4-17-7-5-6-12-11(16)13(3)8-9(2)10(14)15/h9H,4-8H2,1-3H3,(H,12,16)(H,14,15). The topological polar surface area (TPSA) is 78.9 Å². The van der Waals surface area contributed by atoms with Gasteiger partial charge in [-0.1, -0.05) is 6.92 Å². The molecule has 0 aliphatic rings. The smallest absolute Gasteiger partial charge is 0.317 e. The SMILES string of the molecule is CCOCCCNC(=O)N(C)CC(C)C(=O)O. The highest BCUT2D eigenvalue weighted by atomic mass is 16.5. The van der Waals surface area contributed by atoms with E-state index >= 15 is 0 Å². The largest absolute Gasteiger partial charge is 0.481 e. The van der Waals surface area contributed by atoms with Crippen LogP contribution in [0.15, 0.2) is 0 Å². The zero-order valence-electron chi connectivity index (χ0n) is 10.7. The number of carboxylic acids is 1. The molecule has 0 aliphatic heterocycles. The van der Waals surface area contributed by atoms with Crippen LogP contribution in [0.25, 0.3) is 0 Å². The minimum absolute atomic E-state index is 0.201. The average Bonchev–Trinajstić information content (AvgIpc) is 2.28. The summed E-state index contributed by atoms with van der Waals surface area (Å²) in [6, 6.07) is -0.255. The van der Waals surface area contributed by atoms with Crippen LogP contribution in [0.2, 0.25) is 0 Å². The van der Waals surface area contributed by atoms with Crippen molar-refractivity contribution >= 4 is 12.0 Å². The molecule has 2 amide bonds. The van der Waals surface area contributed by atoms with Crippen molar-refractivity contribution in [1.82, 2.24) is 10.2 Å². The molecule has 0 radical (unpaired) electrons. The van der Waals surface area contributed by atoms with Gasteiger partial charge in [0.25, 0.3) is 0 Å². The van der Waals surface area contributed by atoms with E-state index in [0.717, 1.165) is 6.42 Å². The molecular weight excluding hydrogens is 224 g/mol. The summed E-state index contributed by atoms with van der Waals surface area (Å²) in [6.07, 6.45) is 0.752. The van der Waals surface area contributed by atoms with Crippen LogP contribution >= 0.6 is 0 Å². The van der Waals surface area contributed by atoms with E-state index in [1.165, 1.54) is 4.90 Å². The third kappa shape index (κ3) is 7.57. The Morgan fingerprint density at radius 2 is 2.12 bits per heavy atom. The molecule has 0 fully saturated rings. The molecule has 0 aromatic carbocycles. The minimum Gasteiger partial charge on any atom is -0.481 e. The summed E-state index contributed by atoms with van der Waals surface area (Å²) in [5.41, 5.74) is 0. The van der Waals surface area contributed by atoms with E-state index < -0.39 is 11.9 Å². The molecular formula is C11H22N2O4. The summed E-state index contributed by atoms with van der Waals surface area (Å²) in [7, 11) is 1.58. The third-order valence-electron chi connectivity index (χ3n) is 2.26. The molecule has 0 spiro atoms. The lowest BCUT2D eigenvalue weighted by molar-refractivity contribution is -0.141. The normalized spacial score (nSPS) is 11.9. The Bertz CT molecular complexity index is 246. The maximum atomic E-state index is 11.5. The van der Waals surface area contributed by atoms with Gasteiger partial charge in [-0.05, 0) is 13.3 Å². The van der Waals surface area contributed by atoms with Gasteiger partial charge in [0.15, 0.2) is 0 Å². The predicted molar refractivity (Wildman–Crippen MR) is 63.9 cm³/mol. The first-order valence-electron chi connectivity index (χ1n) is 5.78. The van der Waals surface area contributed by atoms with Gasteiger partial charge in [-0.25, -0.2) is 4.79 Å². The molecule has 1 unspecified atom stereocenters. The number of urea groups is 1. The number of hydrogen-bond acceptors (Lipinski definition) is 3. The maximum absolute atomic E-state index is 11.5. The van der Waals surface area contributed by atoms with Crippen LogP contribution < -0.4 is 5.32 Å². The molecule has 0 aromatic heterocycles. The molecule has 0 aliphatic carbocycles. The van der Waals surface area contributed by atoms with Crippen molar-refractivity contribution in [3.05, 3.63) is 0 Å². The summed E-state index contributed by atoms with van der Waals surface area (Å²) in [4.78, 5) is 23.5. The Balaban J connectivity index is 3.71. The van der Waals surface area contributed by atoms with Crippen LogP contribution in [0.4, 0.5) is 4.79 Å². The first-order chi connectivity index (χ1) is 7.99. The van der Waals surface area contributed by atoms with Gasteiger partial charge in [-0.15, -0.1) is 0 Å². The van der Waals surface area contributed by atoms with Crippen LogP contribution in [0.5, 0.6) is 0 Å². The van der Waals surface area contributed by atoms with Crippen molar-refractivity contribution < 1.29 is 19.4 Å². The van der Waals surface area contributed by atoms with Gasteiger partial charge in [-0.3, -0.25) is 4.79 Å². The van der Waals surface area contributed by atoms with Crippen molar-refractivity contribution in [3.8, 4) is 0 Å². The zero-order valence-corrected chi connectivity index (χ0v) is 10.7. The highest BCUT2D eigenvalue weighted by Gasteiger charge is 2.16. The second-order valence-corrected chi connectivity index (χ2v) is 3.90. The number of hydrogen-bond donors (Lipinski definition) is 2. The third-order valence-corrected chi connectivity index (χ3v) is 2.26. The Morgan fingerprint density at radius 1 is 1.47 bits per heavy atom. The van der Waals surface area contributed by atoms with Crippen LogP contribution in [-0.4, -0.2) is 55.4 Å². The van der Waals surface area contributed by atoms with Crippen molar-refractivity contribution in [2.24, 2.45) is 5.92 Å². The lowest BCUT2D eigenvalue weighted by atomic mass is 10.2. The van der Waals surface area contributed by atoms with Gasteiger partial charge in [0, 0.05) is 33.4 Å². The Kier molecular flexibility index (Phi) is 8.13. The fourth-order valence-corrected chi connectivity index (χ4v) is 1.22. The Labute approximate surface area is 102 Å². The lowest BCUT2D eigenvalue weighted by Crippen LogP contribution is -2.41. The van der Waals surface area contributed by atoms with Crippen molar-refractivity contribution in [1.29, 1.82) is 0 Å². The molecule has 6 nitrogen and oxygen atoms in total. The van der Waals surface area contributed by atoms with Gasteiger partial charge in [0.2, 0.25) is 0 Å². The number of ether oxygens (including phenoxy) is 1. The second-order valence-electron chi connectivity index (χ2n) is 3.90. The molecule has 0 heterocycles. The van der Waals surface area contributed by atoms with E-state index in [2.05, 4.69) is 5.32 Å². The summed E-state index contributed by atoms with van der Waals surface area (Å²) < 4.78 is 5.13. The molecule has 0 saturated heterocycles. The Morgan fingerprint density at radius 3 is 2.65 bits per heavy atom. The van der Waals surface area contributed by atoms with Gasteiger partial charge >= 0.3 is 12.0 Å². The van der Waals surface area contributed by atoms with E-state index in [1.54, 1.807) is 14.0 Å². The fourth-order valence-electron chi connectivity index (χ4n) is 1.22. The number of nitrogens with one attached hydrogen (secondary N) is 1. The molecule has 0 saturated carbocycles. The van der Waals surface area contributed by atoms with E-state index in [9.17, 15) is 9.59 Å². The first-order valence-corrected chi connectivity index (χ1v) is 5.78. The van der Waals surface area contributed by atoms with Crippen molar-refractivity contribution in [2.45, 2.75) is 20.3 Å². The molecule has 17 heavy (non-hydrogen) atoms. The molecule has 100 valence electrons. The summed E-state index contributed by atoms with van der Waals surface area (Å²) >= 11 is 0. The lowest BCUT2D eigenvalue weighted by Gasteiger charge is -2.19. The van der Waals surface area contributed by atoms with Crippen LogP contribution in [0.1, 0.15) is 20.3 Å². The number of carbonyl (C=O) groups excluding carboxylic acids is 1. The van der Waals surface area contributed by atoms with E-state index in [0.29, 0.717) is 19.8 Å². The quantitative estimate of drug-likeness (QED) is 0.620. The molecule has 0 rings (SSSR count). The van der Waals surface area contributed by atoms with Gasteiger partial charge in [-0.2, -0.15) is 0 Å². The Hall–Kier alpha value is -1.30. The monoisotopic (exact) mass is 246 g/mol. The maximum Gasteiger partial charge on any atom is 0.317 e. The first kappa shape index (κ1) is 15.7. The zero-order chi connectivity index (χ0) is 13.3. The predicted octanol–water partition coefficient (Wildman–Crippen LogP) is 0.775. The molecule has 1 atom stereocenters. The number of rotatable bonds is 8. The van der Waals surface area contributed by atoms with Crippen molar-refractivity contribution in [3.63, 3.8) is 0 Å². The van der Waals surface area contributed by atoms with E-state index in [1.807, 2.05) is 6.92 Å². The summed E-state index contributed by atoms with van der Waals surface area (Å²) in [5.74, 6) is -1.46. The van der Waals surface area contributed by atoms with Crippen LogP contribution in [-0.2, 0) is 9.53 Å². The number of carbonyl (C=O) groups is 2. The highest BCUT2D eigenvalue weighted by molar-refractivity contribution is 5.75. The van der Waals surface area contributed by atoms with Gasteiger partial charge < -0.3 is 20.1 Å². The number of aliphatic carboxylic acids is 1. The van der Waals surface area contributed by atoms with E-state index in [-0.39, 0.29) is 12.6 Å². The number of carboxylic acid groups (broad SMARTS) is 1. The number of nitrogens with zero attached hydrogens (tertiary/aromatic N) is 1.